The molecule has 0 amide bonds. The van der Waals surface area contributed by atoms with E-state index in [0.717, 1.165) is 29.0 Å². The molecule has 0 radical (unpaired) electrons. The summed E-state index contributed by atoms with van der Waals surface area (Å²) >= 11 is 6.02. The van der Waals surface area contributed by atoms with Crippen LogP contribution < -0.4 is 5.56 Å². The summed E-state index contributed by atoms with van der Waals surface area (Å²) in [6.45, 7) is 0.779. The average molecular weight is 457 g/mol. The van der Waals surface area contributed by atoms with Crippen LogP contribution in [0, 0.1) is 0 Å². The molecule has 0 saturated heterocycles. The van der Waals surface area contributed by atoms with E-state index < -0.39 is 0 Å². The van der Waals surface area contributed by atoms with Crippen molar-refractivity contribution < 1.29 is 4.42 Å². The third kappa shape index (κ3) is 4.06. The molecule has 5 aromatic rings. The van der Waals surface area contributed by atoms with E-state index >= 15 is 0 Å². The highest BCUT2D eigenvalue weighted by atomic mass is 35.5. The molecule has 0 aliphatic rings. The number of fused-ring (bicyclic) bond motifs is 1. The van der Waals surface area contributed by atoms with Crippen molar-refractivity contribution in [3.05, 3.63) is 100 Å². The van der Waals surface area contributed by atoms with Crippen molar-refractivity contribution in [3.8, 4) is 28.5 Å². The van der Waals surface area contributed by atoms with Crippen LogP contribution in [-0.4, -0.2) is 33.5 Å². The van der Waals surface area contributed by atoms with Gasteiger partial charge in [0.1, 0.15) is 17.4 Å². The maximum absolute atomic E-state index is 13.4. The van der Waals surface area contributed by atoms with Gasteiger partial charge < -0.3 is 9.32 Å². The van der Waals surface area contributed by atoms with Crippen LogP contribution in [0.5, 0.6) is 0 Å². The Bertz CT molecular complexity index is 1490. The Balaban J connectivity index is 1.66. The quantitative estimate of drug-likeness (QED) is 0.353. The molecule has 7 heteroatoms. The molecule has 33 heavy (non-hydrogen) atoms. The lowest BCUT2D eigenvalue weighted by molar-refractivity contribution is 0.401. The molecule has 0 spiro atoms. The van der Waals surface area contributed by atoms with Crippen LogP contribution in [0.2, 0.25) is 5.02 Å². The lowest BCUT2D eigenvalue weighted by Crippen LogP contribution is -2.22. The molecular formula is C26H21ClN4O2. The first-order valence-electron chi connectivity index (χ1n) is 10.5. The molecule has 0 saturated carbocycles. The zero-order chi connectivity index (χ0) is 22.9. The summed E-state index contributed by atoms with van der Waals surface area (Å²) in [5, 5.41) is 1.02. The normalized spacial score (nSPS) is 11.4. The minimum Gasteiger partial charge on any atom is -0.464 e. The third-order valence-electron chi connectivity index (χ3n) is 5.36. The van der Waals surface area contributed by atoms with Crippen LogP contribution in [0.15, 0.2) is 88.4 Å². The summed E-state index contributed by atoms with van der Waals surface area (Å²) in [5.41, 5.74) is 3.30. The summed E-state index contributed by atoms with van der Waals surface area (Å²) in [4.78, 5) is 24.7. The highest BCUT2D eigenvalue weighted by Gasteiger charge is 2.16. The average Bonchev–Trinajstić information content (AvgIpc) is 3.27. The van der Waals surface area contributed by atoms with Gasteiger partial charge in [0.05, 0.1) is 22.2 Å². The lowest BCUT2D eigenvalue weighted by Gasteiger charge is -2.14. The SMILES string of the molecule is CN(C)Cc1ccoc1-c1ccc(-c2nc3ccccc3c(=O)n2-c2ccc(Cl)cn2)cc1. The Morgan fingerprint density at radius 3 is 2.45 bits per heavy atom. The van der Waals surface area contributed by atoms with Gasteiger partial charge in [0.15, 0.2) is 0 Å². The van der Waals surface area contributed by atoms with Crippen molar-refractivity contribution in [1.82, 2.24) is 19.4 Å². The molecule has 0 aliphatic carbocycles. The number of hydrogen-bond donors (Lipinski definition) is 0. The molecule has 6 nitrogen and oxygen atoms in total. The molecule has 0 unspecified atom stereocenters. The smallest absolute Gasteiger partial charge is 0.267 e. The molecule has 3 aromatic heterocycles. The van der Waals surface area contributed by atoms with Crippen LogP contribution in [0.4, 0.5) is 0 Å². The standard InChI is InChI=1S/C26H21ClN4O2/c1-30(2)16-19-13-14-33-24(19)17-7-9-18(10-8-17)25-29-22-6-4-3-5-21(22)26(32)31(25)23-12-11-20(27)15-28-23/h3-15H,16H2,1-2H3. The Labute approximate surface area is 195 Å². The van der Waals surface area contributed by atoms with E-state index in [2.05, 4.69) is 9.88 Å². The molecule has 0 N–H and O–H groups in total. The van der Waals surface area contributed by atoms with Gasteiger partial charge in [0.2, 0.25) is 0 Å². The van der Waals surface area contributed by atoms with Crippen molar-refractivity contribution in [1.29, 1.82) is 0 Å². The van der Waals surface area contributed by atoms with Gasteiger partial charge >= 0.3 is 0 Å². The lowest BCUT2D eigenvalue weighted by atomic mass is 10.1. The van der Waals surface area contributed by atoms with Crippen LogP contribution in [-0.2, 0) is 6.54 Å². The van der Waals surface area contributed by atoms with Crippen LogP contribution in [0.25, 0.3) is 39.4 Å². The van der Waals surface area contributed by atoms with Gasteiger partial charge in [0, 0.05) is 29.4 Å². The van der Waals surface area contributed by atoms with E-state index in [1.165, 1.54) is 10.8 Å². The summed E-state index contributed by atoms with van der Waals surface area (Å²) in [6.07, 6.45) is 3.23. The first-order chi connectivity index (χ1) is 16.0. The van der Waals surface area contributed by atoms with Crippen molar-refractivity contribution in [2.75, 3.05) is 14.1 Å². The number of pyridine rings is 1. The van der Waals surface area contributed by atoms with Crippen molar-refractivity contribution in [2.45, 2.75) is 6.54 Å². The molecule has 3 heterocycles. The van der Waals surface area contributed by atoms with Gasteiger partial charge in [-0.1, -0.05) is 48.0 Å². The number of benzene rings is 2. The van der Waals surface area contributed by atoms with Gasteiger partial charge in [-0.2, -0.15) is 0 Å². The van der Waals surface area contributed by atoms with E-state index in [1.807, 2.05) is 62.6 Å². The van der Waals surface area contributed by atoms with Gasteiger partial charge in [0.25, 0.3) is 5.56 Å². The molecule has 2 aromatic carbocycles. The van der Waals surface area contributed by atoms with Gasteiger partial charge in [-0.3, -0.25) is 4.79 Å². The first-order valence-corrected chi connectivity index (χ1v) is 10.8. The Kier molecular flexibility index (Phi) is 5.54. The molecule has 0 aliphatic heterocycles. The fraction of sp³-hybridized carbons (Fsp3) is 0.115. The number of nitrogens with zero attached hydrogens (tertiary/aromatic N) is 4. The van der Waals surface area contributed by atoms with Crippen LogP contribution in [0.1, 0.15) is 5.56 Å². The number of rotatable bonds is 5. The summed E-state index contributed by atoms with van der Waals surface area (Å²) in [7, 11) is 4.05. The highest BCUT2D eigenvalue weighted by Crippen LogP contribution is 2.29. The van der Waals surface area contributed by atoms with E-state index in [9.17, 15) is 4.79 Å². The predicted octanol–water partition coefficient (Wildman–Crippen LogP) is 5.42. The monoisotopic (exact) mass is 456 g/mol. The summed E-state index contributed by atoms with van der Waals surface area (Å²) < 4.78 is 7.28. The fourth-order valence-corrected chi connectivity index (χ4v) is 3.98. The third-order valence-corrected chi connectivity index (χ3v) is 5.58. The molecule has 164 valence electrons. The second kappa shape index (κ2) is 8.65. The Morgan fingerprint density at radius 2 is 1.73 bits per heavy atom. The van der Waals surface area contributed by atoms with Gasteiger partial charge in [-0.25, -0.2) is 14.5 Å². The topological polar surface area (TPSA) is 64.2 Å². The maximum atomic E-state index is 13.4. The van der Waals surface area contributed by atoms with Crippen molar-refractivity contribution >= 4 is 22.5 Å². The number of furan rings is 1. The second-order valence-corrected chi connectivity index (χ2v) is 8.45. The Hall–Kier alpha value is -3.74. The minimum atomic E-state index is -0.186. The zero-order valence-electron chi connectivity index (χ0n) is 18.2. The van der Waals surface area contributed by atoms with Crippen LogP contribution in [0.3, 0.4) is 0 Å². The van der Waals surface area contributed by atoms with E-state index in [4.69, 9.17) is 21.0 Å². The van der Waals surface area contributed by atoms with E-state index in [1.54, 1.807) is 24.5 Å². The van der Waals surface area contributed by atoms with Crippen molar-refractivity contribution in [2.24, 2.45) is 0 Å². The zero-order valence-corrected chi connectivity index (χ0v) is 19.0. The number of aromatic nitrogens is 3. The molecule has 0 atom stereocenters. The number of hydrogen-bond acceptors (Lipinski definition) is 5. The maximum Gasteiger partial charge on any atom is 0.267 e. The molecular weight excluding hydrogens is 436 g/mol. The molecule has 5 rings (SSSR count). The van der Waals surface area contributed by atoms with Crippen LogP contribution >= 0.6 is 11.6 Å². The number of para-hydroxylation sites is 1. The van der Waals surface area contributed by atoms with E-state index in [-0.39, 0.29) is 5.56 Å². The highest BCUT2D eigenvalue weighted by molar-refractivity contribution is 6.30. The predicted molar refractivity (Wildman–Crippen MR) is 131 cm³/mol. The van der Waals surface area contributed by atoms with E-state index in [0.29, 0.717) is 27.6 Å². The first kappa shape index (κ1) is 21.1. The fourth-order valence-electron chi connectivity index (χ4n) is 3.86. The van der Waals surface area contributed by atoms with Gasteiger partial charge in [-0.15, -0.1) is 0 Å². The summed E-state index contributed by atoms with van der Waals surface area (Å²) in [5.74, 6) is 1.80. The van der Waals surface area contributed by atoms with Crippen molar-refractivity contribution in [3.63, 3.8) is 0 Å². The summed E-state index contributed by atoms with van der Waals surface area (Å²) in [6, 6.07) is 20.6. The second-order valence-electron chi connectivity index (χ2n) is 8.02. The Morgan fingerprint density at radius 1 is 0.970 bits per heavy atom. The number of halogens is 1. The van der Waals surface area contributed by atoms with Gasteiger partial charge in [-0.05, 0) is 44.4 Å². The molecule has 0 fully saturated rings. The largest absolute Gasteiger partial charge is 0.464 e. The molecule has 0 bridgehead atoms. The minimum absolute atomic E-state index is 0.186.